The lowest BCUT2D eigenvalue weighted by molar-refractivity contribution is 0.0899. The summed E-state index contributed by atoms with van der Waals surface area (Å²) in [6.45, 7) is 2.45. The van der Waals surface area contributed by atoms with E-state index in [0.29, 0.717) is 18.3 Å². The molecule has 19 heavy (non-hydrogen) atoms. The van der Waals surface area contributed by atoms with Gasteiger partial charge in [-0.3, -0.25) is 9.69 Å². The third-order valence-corrected chi connectivity index (χ3v) is 4.19. The minimum absolute atomic E-state index is 0.166. The summed E-state index contributed by atoms with van der Waals surface area (Å²) in [5, 5.41) is 0. The van der Waals surface area contributed by atoms with E-state index in [1.54, 1.807) is 6.07 Å². The maximum absolute atomic E-state index is 12.3. The van der Waals surface area contributed by atoms with Crippen molar-refractivity contribution in [3.05, 3.63) is 29.3 Å². The zero-order valence-corrected chi connectivity index (χ0v) is 12.0. The van der Waals surface area contributed by atoms with Crippen molar-refractivity contribution in [2.75, 3.05) is 19.3 Å². The number of nitrogens with two attached hydrogens (primary N) is 1. The Labute approximate surface area is 115 Å². The van der Waals surface area contributed by atoms with E-state index in [9.17, 15) is 4.79 Å². The van der Waals surface area contributed by atoms with Crippen LogP contribution in [0, 0.1) is 6.92 Å². The molecule has 1 fully saturated rings. The number of likely N-dealkylation sites (N-methyl/N-ethyl adjacent to an activating group) is 1. The Morgan fingerprint density at radius 2 is 2.00 bits per heavy atom. The predicted molar refractivity (Wildman–Crippen MR) is 79.4 cm³/mol. The summed E-state index contributed by atoms with van der Waals surface area (Å²) in [4.78, 5) is 14.5. The van der Waals surface area contributed by atoms with E-state index >= 15 is 0 Å². The number of benzene rings is 1. The van der Waals surface area contributed by atoms with Crippen molar-refractivity contribution in [1.29, 1.82) is 0 Å². The van der Waals surface area contributed by atoms with E-state index in [4.69, 9.17) is 5.73 Å². The summed E-state index contributed by atoms with van der Waals surface area (Å²) in [6, 6.07) is 6.17. The van der Waals surface area contributed by atoms with Crippen LogP contribution in [-0.2, 0) is 0 Å². The zero-order valence-electron chi connectivity index (χ0n) is 12.0. The minimum atomic E-state index is 0.166. The second kappa shape index (κ2) is 6.20. The molecule has 1 saturated carbocycles. The number of aryl methyl sites for hydroxylation is 1. The van der Waals surface area contributed by atoms with Gasteiger partial charge in [0.05, 0.1) is 6.54 Å². The molecule has 0 heterocycles. The van der Waals surface area contributed by atoms with Gasteiger partial charge in [-0.1, -0.05) is 31.4 Å². The molecule has 0 bridgehead atoms. The third-order valence-electron chi connectivity index (χ3n) is 4.19. The molecule has 0 amide bonds. The molecule has 1 aromatic carbocycles. The predicted octanol–water partition coefficient (Wildman–Crippen LogP) is 3.02. The standard InChI is InChI=1S/C16H24N2O/c1-12-8-9-13(10-15(12)17)16(19)11-18(2)14-6-4-3-5-7-14/h8-10,14H,3-7,11,17H2,1-2H3. The normalized spacial score (nSPS) is 16.8. The van der Waals surface area contributed by atoms with Gasteiger partial charge in [-0.15, -0.1) is 0 Å². The molecule has 0 saturated heterocycles. The Kier molecular flexibility index (Phi) is 4.59. The van der Waals surface area contributed by atoms with Crippen LogP contribution in [-0.4, -0.2) is 30.3 Å². The van der Waals surface area contributed by atoms with Crippen molar-refractivity contribution in [3.8, 4) is 0 Å². The first-order valence-electron chi connectivity index (χ1n) is 7.17. The molecule has 0 spiro atoms. The zero-order chi connectivity index (χ0) is 13.8. The minimum Gasteiger partial charge on any atom is -0.398 e. The van der Waals surface area contributed by atoms with Gasteiger partial charge in [0.1, 0.15) is 0 Å². The summed E-state index contributed by atoms with van der Waals surface area (Å²) in [7, 11) is 2.06. The Morgan fingerprint density at radius 1 is 1.32 bits per heavy atom. The van der Waals surface area contributed by atoms with Gasteiger partial charge in [0, 0.05) is 17.3 Å². The summed E-state index contributed by atoms with van der Waals surface area (Å²) in [5.74, 6) is 0.166. The fraction of sp³-hybridized carbons (Fsp3) is 0.562. The van der Waals surface area contributed by atoms with Crippen LogP contribution in [0.2, 0.25) is 0 Å². The van der Waals surface area contributed by atoms with E-state index in [1.165, 1.54) is 32.1 Å². The number of nitrogens with zero attached hydrogens (tertiary/aromatic N) is 1. The molecule has 2 rings (SSSR count). The van der Waals surface area contributed by atoms with Crippen LogP contribution >= 0.6 is 0 Å². The molecule has 0 atom stereocenters. The highest BCUT2D eigenvalue weighted by molar-refractivity contribution is 5.98. The van der Waals surface area contributed by atoms with E-state index in [2.05, 4.69) is 11.9 Å². The number of rotatable bonds is 4. The molecule has 104 valence electrons. The molecule has 0 unspecified atom stereocenters. The number of hydrogen-bond acceptors (Lipinski definition) is 3. The van der Waals surface area contributed by atoms with Gasteiger partial charge in [-0.05, 0) is 38.4 Å². The van der Waals surface area contributed by atoms with Crippen molar-refractivity contribution in [2.24, 2.45) is 0 Å². The molecular weight excluding hydrogens is 236 g/mol. The highest BCUT2D eigenvalue weighted by Gasteiger charge is 2.20. The highest BCUT2D eigenvalue weighted by atomic mass is 16.1. The summed E-state index contributed by atoms with van der Waals surface area (Å²) in [5.41, 5.74) is 8.32. The average molecular weight is 260 g/mol. The number of carbonyl (C=O) groups excluding carboxylic acids is 1. The van der Waals surface area contributed by atoms with Crippen molar-refractivity contribution in [1.82, 2.24) is 4.90 Å². The van der Waals surface area contributed by atoms with Crippen LogP contribution in [0.1, 0.15) is 48.0 Å². The number of anilines is 1. The first-order chi connectivity index (χ1) is 9.08. The molecular formula is C16H24N2O. The fourth-order valence-corrected chi connectivity index (χ4v) is 2.78. The van der Waals surface area contributed by atoms with Gasteiger partial charge >= 0.3 is 0 Å². The van der Waals surface area contributed by atoms with Gasteiger partial charge in [0.25, 0.3) is 0 Å². The maximum Gasteiger partial charge on any atom is 0.176 e. The van der Waals surface area contributed by atoms with Gasteiger partial charge in [-0.25, -0.2) is 0 Å². The van der Waals surface area contributed by atoms with Gasteiger partial charge in [-0.2, -0.15) is 0 Å². The second-order valence-electron chi connectivity index (χ2n) is 5.70. The van der Waals surface area contributed by atoms with Crippen LogP contribution in [0.3, 0.4) is 0 Å². The maximum atomic E-state index is 12.3. The quantitative estimate of drug-likeness (QED) is 0.668. The molecule has 0 radical (unpaired) electrons. The highest BCUT2D eigenvalue weighted by Crippen LogP contribution is 2.22. The van der Waals surface area contributed by atoms with Crippen LogP contribution in [0.4, 0.5) is 5.69 Å². The van der Waals surface area contributed by atoms with E-state index in [1.807, 2.05) is 19.1 Å². The van der Waals surface area contributed by atoms with Crippen molar-refractivity contribution >= 4 is 11.5 Å². The van der Waals surface area contributed by atoms with E-state index in [-0.39, 0.29) is 5.78 Å². The topological polar surface area (TPSA) is 46.3 Å². The van der Waals surface area contributed by atoms with Gasteiger partial charge in [0.15, 0.2) is 5.78 Å². The van der Waals surface area contributed by atoms with Crippen LogP contribution in [0.15, 0.2) is 18.2 Å². The van der Waals surface area contributed by atoms with Gasteiger partial charge in [0.2, 0.25) is 0 Å². The first kappa shape index (κ1) is 14.1. The Balaban J connectivity index is 1.97. The van der Waals surface area contributed by atoms with E-state index in [0.717, 1.165) is 11.1 Å². The summed E-state index contributed by atoms with van der Waals surface area (Å²) >= 11 is 0. The number of carbonyl (C=O) groups is 1. The number of nitrogen functional groups attached to an aromatic ring is 1. The number of hydrogen-bond donors (Lipinski definition) is 1. The Bertz CT molecular complexity index is 450. The number of Topliss-reactive ketones (excluding diaryl/α,β-unsaturated/α-hetero) is 1. The second-order valence-corrected chi connectivity index (χ2v) is 5.70. The van der Waals surface area contributed by atoms with Crippen LogP contribution in [0.25, 0.3) is 0 Å². The molecule has 3 nitrogen and oxygen atoms in total. The first-order valence-corrected chi connectivity index (χ1v) is 7.17. The van der Waals surface area contributed by atoms with Gasteiger partial charge < -0.3 is 5.73 Å². The summed E-state index contributed by atoms with van der Waals surface area (Å²) in [6.07, 6.45) is 6.37. The lowest BCUT2D eigenvalue weighted by Gasteiger charge is -2.30. The number of ketones is 1. The molecule has 3 heteroatoms. The fourth-order valence-electron chi connectivity index (χ4n) is 2.78. The van der Waals surface area contributed by atoms with Crippen LogP contribution < -0.4 is 5.73 Å². The van der Waals surface area contributed by atoms with E-state index < -0.39 is 0 Å². The molecule has 1 aromatic rings. The van der Waals surface area contributed by atoms with Crippen molar-refractivity contribution in [3.63, 3.8) is 0 Å². The van der Waals surface area contributed by atoms with Crippen LogP contribution in [0.5, 0.6) is 0 Å². The molecule has 0 aromatic heterocycles. The van der Waals surface area contributed by atoms with Crippen molar-refractivity contribution < 1.29 is 4.79 Å². The molecule has 1 aliphatic carbocycles. The molecule has 0 aliphatic heterocycles. The third kappa shape index (κ3) is 3.57. The molecule has 2 N–H and O–H groups in total. The SMILES string of the molecule is Cc1ccc(C(=O)CN(C)C2CCCCC2)cc1N. The Morgan fingerprint density at radius 3 is 2.63 bits per heavy atom. The smallest absolute Gasteiger partial charge is 0.176 e. The molecule has 1 aliphatic rings. The Hall–Kier alpha value is -1.35. The average Bonchev–Trinajstić information content (AvgIpc) is 2.42. The monoisotopic (exact) mass is 260 g/mol. The largest absolute Gasteiger partial charge is 0.398 e. The van der Waals surface area contributed by atoms with Crippen molar-refractivity contribution in [2.45, 2.75) is 45.1 Å². The lowest BCUT2D eigenvalue weighted by atomic mass is 9.94. The summed E-state index contributed by atoms with van der Waals surface area (Å²) < 4.78 is 0. The lowest BCUT2D eigenvalue weighted by Crippen LogP contribution is -2.37.